The lowest BCUT2D eigenvalue weighted by Crippen LogP contribution is -2.43. The molecular formula is C13H22ClNOS. The summed E-state index contributed by atoms with van der Waals surface area (Å²) in [4.78, 5) is 1.17. The van der Waals surface area contributed by atoms with Crippen LogP contribution in [0.1, 0.15) is 45.0 Å². The fourth-order valence-corrected chi connectivity index (χ4v) is 3.40. The zero-order chi connectivity index (χ0) is 12.9. The third kappa shape index (κ3) is 3.44. The zero-order valence-corrected chi connectivity index (χ0v) is 12.6. The van der Waals surface area contributed by atoms with E-state index >= 15 is 0 Å². The van der Waals surface area contributed by atoms with Crippen molar-refractivity contribution in [3.05, 3.63) is 21.3 Å². The summed E-state index contributed by atoms with van der Waals surface area (Å²) in [5.74, 6) is 0. The topological polar surface area (TPSA) is 21.3 Å². The molecule has 0 spiro atoms. The van der Waals surface area contributed by atoms with Crippen LogP contribution in [-0.2, 0) is 4.74 Å². The molecule has 4 heteroatoms. The van der Waals surface area contributed by atoms with Crippen molar-refractivity contribution in [3.63, 3.8) is 0 Å². The minimum atomic E-state index is -0.209. The molecule has 1 N–H and O–H groups in total. The predicted octanol–water partition coefficient (Wildman–Crippen LogP) is 4.26. The van der Waals surface area contributed by atoms with Crippen LogP contribution in [0.25, 0.3) is 0 Å². The van der Waals surface area contributed by atoms with E-state index in [0.717, 1.165) is 24.6 Å². The molecule has 98 valence electrons. The Kier molecular flexibility index (Phi) is 5.93. The van der Waals surface area contributed by atoms with Crippen LogP contribution in [0.4, 0.5) is 0 Å². The SMILES string of the molecule is CCNC(c1sccc1Cl)C(C)(CC)OCC. The molecule has 2 atom stereocenters. The number of likely N-dealkylation sites (N-methyl/N-ethyl adjacent to an activating group) is 1. The third-order valence-corrected chi connectivity index (χ3v) is 4.53. The largest absolute Gasteiger partial charge is 0.374 e. The van der Waals surface area contributed by atoms with Crippen molar-refractivity contribution in [1.82, 2.24) is 5.32 Å². The number of ether oxygens (including phenoxy) is 1. The second-order valence-corrected chi connectivity index (χ2v) is 5.58. The smallest absolute Gasteiger partial charge is 0.0854 e. The van der Waals surface area contributed by atoms with Gasteiger partial charge in [-0.05, 0) is 38.3 Å². The zero-order valence-electron chi connectivity index (χ0n) is 11.0. The van der Waals surface area contributed by atoms with Gasteiger partial charge in [0.2, 0.25) is 0 Å². The number of nitrogens with one attached hydrogen (secondary N) is 1. The molecule has 0 aliphatic heterocycles. The molecule has 2 nitrogen and oxygen atoms in total. The van der Waals surface area contributed by atoms with Crippen molar-refractivity contribution < 1.29 is 4.74 Å². The number of halogens is 1. The average Bonchev–Trinajstić information content (AvgIpc) is 2.72. The Labute approximate surface area is 113 Å². The normalized spacial score (nSPS) is 16.8. The standard InChI is InChI=1S/C13H22ClNOS/c1-5-13(4,16-7-3)12(15-6-2)11-10(14)8-9-17-11/h8-9,12,15H,5-7H2,1-4H3. The lowest BCUT2D eigenvalue weighted by Gasteiger charge is -2.37. The maximum atomic E-state index is 6.25. The first-order valence-electron chi connectivity index (χ1n) is 6.19. The van der Waals surface area contributed by atoms with Crippen molar-refractivity contribution in [3.8, 4) is 0 Å². The maximum absolute atomic E-state index is 6.25. The molecule has 17 heavy (non-hydrogen) atoms. The molecule has 1 heterocycles. The Bertz CT molecular complexity index is 342. The van der Waals surface area contributed by atoms with Crippen molar-refractivity contribution in [2.24, 2.45) is 0 Å². The minimum absolute atomic E-state index is 0.157. The molecule has 0 fully saturated rings. The van der Waals surface area contributed by atoms with Gasteiger partial charge in [0.25, 0.3) is 0 Å². The highest BCUT2D eigenvalue weighted by Gasteiger charge is 2.35. The highest BCUT2D eigenvalue weighted by molar-refractivity contribution is 7.10. The van der Waals surface area contributed by atoms with E-state index in [0.29, 0.717) is 0 Å². The first kappa shape index (κ1) is 15.0. The van der Waals surface area contributed by atoms with Crippen LogP contribution in [0, 0.1) is 0 Å². The van der Waals surface area contributed by atoms with Gasteiger partial charge < -0.3 is 10.1 Å². The number of rotatable bonds is 7. The summed E-state index contributed by atoms with van der Waals surface area (Å²) < 4.78 is 5.96. The molecular weight excluding hydrogens is 254 g/mol. The van der Waals surface area contributed by atoms with Crippen LogP contribution in [0.3, 0.4) is 0 Å². The van der Waals surface area contributed by atoms with Crippen LogP contribution in [0.15, 0.2) is 11.4 Å². The summed E-state index contributed by atoms with van der Waals surface area (Å²) >= 11 is 7.94. The second-order valence-electron chi connectivity index (χ2n) is 4.22. The quantitative estimate of drug-likeness (QED) is 0.803. The molecule has 0 aliphatic carbocycles. The monoisotopic (exact) mass is 275 g/mol. The molecule has 0 aliphatic rings. The molecule has 0 aromatic carbocycles. The lowest BCUT2D eigenvalue weighted by atomic mass is 9.91. The van der Waals surface area contributed by atoms with Crippen LogP contribution < -0.4 is 5.32 Å². The van der Waals surface area contributed by atoms with E-state index in [-0.39, 0.29) is 11.6 Å². The van der Waals surface area contributed by atoms with E-state index in [9.17, 15) is 0 Å². The Hall–Kier alpha value is -0.0900. The number of hydrogen-bond donors (Lipinski definition) is 1. The number of thiophene rings is 1. The molecule has 2 unspecified atom stereocenters. The first-order valence-corrected chi connectivity index (χ1v) is 7.45. The van der Waals surface area contributed by atoms with Gasteiger partial charge in [0, 0.05) is 11.5 Å². The first-order chi connectivity index (χ1) is 8.09. The van der Waals surface area contributed by atoms with Crippen molar-refractivity contribution in [1.29, 1.82) is 0 Å². The fourth-order valence-electron chi connectivity index (χ4n) is 2.02. The predicted molar refractivity (Wildman–Crippen MR) is 76.1 cm³/mol. The Balaban J connectivity index is 3.03. The molecule has 1 aromatic rings. The summed E-state index contributed by atoms with van der Waals surface area (Å²) in [7, 11) is 0. The molecule has 1 aromatic heterocycles. The Morgan fingerprint density at radius 2 is 2.18 bits per heavy atom. The third-order valence-electron chi connectivity index (χ3n) is 3.10. The molecule has 0 bridgehead atoms. The Morgan fingerprint density at radius 3 is 2.59 bits per heavy atom. The van der Waals surface area contributed by atoms with Gasteiger partial charge in [-0.2, -0.15) is 0 Å². The van der Waals surface area contributed by atoms with Gasteiger partial charge >= 0.3 is 0 Å². The van der Waals surface area contributed by atoms with Gasteiger partial charge in [-0.3, -0.25) is 0 Å². The average molecular weight is 276 g/mol. The maximum Gasteiger partial charge on any atom is 0.0854 e. The molecule has 0 saturated heterocycles. The van der Waals surface area contributed by atoms with E-state index in [4.69, 9.17) is 16.3 Å². The summed E-state index contributed by atoms with van der Waals surface area (Å²) in [5, 5.41) is 6.37. The molecule has 0 saturated carbocycles. The van der Waals surface area contributed by atoms with Crippen LogP contribution in [-0.4, -0.2) is 18.8 Å². The van der Waals surface area contributed by atoms with E-state index in [1.165, 1.54) is 4.88 Å². The second kappa shape index (κ2) is 6.74. The summed E-state index contributed by atoms with van der Waals surface area (Å²) in [6, 6.07) is 2.11. The lowest BCUT2D eigenvalue weighted by molar-refractivity contribution is -0.0551. The van der Waals surface area contributed by atoms with Crippen LogP contribution in [0.2, 0.25) is 5.02 Å². The molecule has 0 amide bonds. The van der Waals surface area contributed by atoms with E-state index in [1.807, 2.05) is 18.4 Å². The van der Waals surface area contributed by atoms with Crippen molar-refractivity contribution in [2.75, 3.05) is 13.2 Å². The number of hydrogen-bond acceptors (Lipinski definition) is 3. The fraction of sp³-hybridized carbons (Fsp3) is 0.692. The van der Waals surface area contributed by atoms with E-state index in [1.54, 1.807) is 11.3 Å². The van der Waals surface area contributed by atoms with E-state index in [2.05, 4.69) is 26.1 Å². The Morgan fingerprint density at radius 1 is 1.47 bits per heavy atom. The highest BCUT2D eigenvalue weighted by Crippen LogP contribution is 2.38. The summed E-state index contributed by atoms with van der Waals surface area (Å²) in [5.41, 5.74) is -0.209. The van der Waals surface area contributed by atoms with Crippen LogP contribution in [0.5, 0.6) is 0 Å². The summed E-state index contributed by atoms with van der Waals surface area (Å²) in [6.45, 7) is 10.1. The highest BCUT2D eigenvalue weighted by atomic mass is 35.5. The van der Waals surface area contributed by atoms with Gasteiger partial charge in [-0.15, -0.1) is 11.3 Å². The van der Waals surface area contributed by atoms with Gasteiger partial charge in [0.1, 0.15) is 0 Å². The van der Waals surface area contributed by atoms with Gasteiger partial charge in [0.05, 0.1) is 16.7 Å². The van der Waals surface area contributed by atoms with Gasteiger partial charge in [-0.1, -0.05) is 25.4 Å². The van der Waals surface area contributed by atoms with Gasteiger partial charge in [-0.25, -0.2) is 0 Å². The van der Waals surface area contributed by atoms with E-state index < -0.39 is 0 Å². The summed E-state index contributed by atoms with van der Waals surface area (Å²) in [6.07, 6.45) is 0.951. The molecule has 0 radical (unpaired) electrons. The van der Waals surface area contributed by atoms with Crippen LogP contribution >= 0.6 is 22.9 Å². The minimum Gasteiger partial charge on any atom is -0.374 e. The van der Waals surface area contributed by atoms with Crippen molar-refractivity contribution >= 4 is 22.9 Å². The van der Waals surface area contributed by atoms with Gasteiger partial charge in [0.15, 0.2) is 0 Å². The molecule has 1 rings (SSSR count). The van der Waals surface area contributed by atoms with Crippen molar-refractivity contribution in [2.45, 2.75) is 45.8 Å².